The number of likely N-dealkylation sites (N-methyl/N-ethyl adjacent to an activating group) is 1. The zero-order chi connectivity index (χ0) is 18.0. The van der Waals surface area contributed by atoms with Crippen molar-refractivity contribution >= 4 is 29.1 Å². The average molecular weight is 383 g/mol. The number of rotatable bonds is 5. The number of likely N-dealkylation sites (tertiary alicyclic amines) is 1. The van der Waals surface area contributed by atoms with Crippen molar-refractivity contribution < 1.29 is 9.32 Å². The third kappa shape index (κ3) is 3.97. The van der Waals surface area contributed by atoms with Crippen molar-refractivity contribution in [2.45, 2.75) is 38.3 Å². The molecule has 1 aliphatic rings. The number of amides is 1. The SMILES string of the molecule is CNC(C)Cc1noc(C2CCCN2C(=O)c2ccc(Cl)c(Cl)c2)n1. The van der Waals surface area contributed by atoms with Crippen LogP contribution in [0, 0.1) is 0 Å². The van der Waals surface area contributed by atoms with E-state index in [1.165, 1.54) is 0 Å². The first-order valence-electron chi connectivity index (χ1n) is 8.25. The fraction of sp³-hybridized carbons (Fsp3) is 0.471. The molecule has 2 heterocycles. The second-order valence-corrected chi connectivity index (χ2v) is 7.04. The van der Waals surface area contributed by atoms with Crippen LogP contribution >= 0.6 is 23.2 Å². The molecule has 6 nitrogen and oxygen atoms in total. The number of halogens is 2. The van der Waals surface area contributed by atoms with Crippen molar-refractivity contribution in [3.8, 4) is 0 Å². The molecule has 8 heteroatoms. The van der Waals surface area contributed by atoms with Crippen LogP contribution in [-0.4, -0.2) is 40.6 Å². The highest BCUT2D eigenvalue weighted by atomic mass is 35.5. The molecule has 25 heavy (non-hydrogen) atoms. The Balaban J connectivity index is 1.78. The van der Waals surface area contributed by atoms with Gasteiger partial charge in [-0.25, -0.2) is 0 Å². The van der Waals surface area contributed by atoms with Crippen molar-refractivity contribution in [3.63, 3.8) is 0 Å². The molecule has 134 valence electrons. The molecule has 1 fully saturated rings. The van der Waals surface area contributed by atoms with Gasteiger partial charge in [0.15, 0.2) is 5.82 Å². The minimum absolute atomic E-state index is 0.107. The lowest BCUT2D eigenvalue weighted by molar-refractivity contribution is 0.0710. The number of carbonyl (C=O) groups excluding carboxylic acids is 1. The van der Waals surface area contributed by atoms with Gasteiger partial charge in [-0.05, 0) is 45.0 Å². The van der Waals surface area contributed by atoms with Gasteiger partial charge in [0.25, 0.3) is 5.91 Å². The molecule has 0 spiro atoms. The summed E-state index contributed by atoms with van der Waals surface area (Å²) in [6, 6.07) is 4.96. The summed E-state index contributed by atoms with van der Waals surface area (Å²) in [5.74, 6) is 1.03. The topological polar surface area (TPSA) is 71.3 Å². The Labute approximate surface area is 156 Å². The summed E-state index contributed by atoms with van der Waals surface area (Å²) < 4.78 is 5.42. The normalized spacial score (nSPS) is 18.6. The maximum atomic E-state index is 12.8. The minimum Gasteiger partial charge on any atom is -0.337 e. The Morgan fingerprint density at radius 1 is 1.44 bits per heavy atom. The van der Waals surface area contributed by atoms with Crippen LogP contribution in [-0.2, 0) is 6.42 Å². The van der Waals surface area contributed by atoms with E-state index in [1.807, 2.05) is 14.0 Å². The van der Waals surface area contributed by atoms with E-state index in [1.54, 1.807) is 23.1 Å². The lowest BCUT2D eigenvalue weighted by Gasteiger charge is -2.22. The third-order valence-corrected chi connectivity index (χ3v) is 5.17. The van der Waals surface area contributed by atoms with Gasteiger partial charge in [0.1, 0.15) is 6.04 Å². The molecule has 1 aliphatic heterocycles. The van der Waals surface area contributed by atoms with Crippen LogP contribution in [0.15, 0.2) is 22.7 Å². The number of benzene rings is 1. The smallest absolute Gasteiger partial charge is 0.254 e. The Hall–Kier alpha value is -1.63. The highest BCUT2D eigenvalue weighted by Crippen LogP contribution is 2.33. The third-order valence-electron chi connectivity index (χ3n) is 4.43. The molecule has 2 unspecified atom stereocenters. The monoisotopic (exact) mass is 382 g/mol. The van der Waals surface area contributed by atoms with E-state index in [9.17, 15) is 4.79 Å². The molecule has 0 aliphatic carbocycles. The second kappa shape index (κ2) is 7.72. The van der Waals surface area contributed by atoms with Crippen LogP contribution in [0.4, 0.5) is 0 Å². The van der Waals surface area contributed by atoms with Crippen LogP contribution in [0.5, 0.6) is 0 Å². The zero-order valence-electron chi connectivity index (χ0n) is 14.1. The Kier molecular flexibility index (Phi) is 5.61. The largest absolute Gasteiger partial charge is 0.337 e. The van der Waals surface area contributed by atoms with E-state index in [0.29, 0.717) is 40.3 Å². The van der Waals surface area contributed by atoms with Gasteiger partial charge in [-0.2, -0.15) is 4.98 Å². The predicted molar refractivity (Wildman–Crippen MR) is 96.0 cm³/mol. The van der Waals surface area contributed by atoms with Crippen LogP contribution in [0.25, 0.3) is 0 Å². The van der Waals surface area contributed by atoms with Crippen LogP contribution in [0.1, 0.15) is 47.9 Å². The standard InChI is InChI=1S/C17H20Cl2N4O2/c1-10(20-2)8-15-21-16(25-22-15)14-4-3-7-23(14)17(24)11-5-6-12(18)13(19)9-11/h5-6,9-10,14,20H,3-4,7-8H2,1-2H3. The lowest BCUT2D eigenvalue weighted by atomic mass is 10.1. The van der Waals surface area contributed by atoms with E-state index in [0.717, 1.165) is 12.8 Å². The quantitative estimate of drug-likeness (QED) is 0.856. The fourth-order valence-corrected chi connectivity index (χ4v) is 3.22. The number of hydrogen-bond donors (Lipinski definition) is 1. The molecule has 2 atom stereocenters. The first-order chi connectivity index (χ1) is 12.0. The highest BCUT2D eigenvalue weighted by molar-refractivity contribution is 6.42. The predicted octanol–water partition coefficient (Wildman–Crippen LogP) is 3.50. The number of nitrogens with one attached hydrogen (secondary N) is 1. The summed E-state index contributed by atoms with van der Waals surface area (Å²) in [5.41, 5.74) is 0.504. The molecule has 3 rings (SSSR count). The van der Waals surface area contributed by atoms with Crippen molar-refractivity contribution in [1.29, 1.82) is 0 Å². The van der Waals surface area contributed by atoms with Crippen molar-refractivity contribution in [2.75, 3.05) is 13.6 Å². The van der Waals surface area contributed by atoms with E-state index < -0.39 is 0 Å². The summed E-state index contributed by atoms with van der Waals surface area (Å²) in [7, 11) is 1.89. The molecular formula is C17H20Cl2N4O2. The van der Waals surface area contributed by atoms with Crippen molar-refractivity contribution in [1.82, 2.24) is 20.4 Å². The Bertz CT molecular complexity index is 765. The molecule has 0 saturated carbocycles. The summed E-state index contributed by atoms with van der Waals surface area (Å²) >= 11 is 12.0. The first kappa shape index (κ1) is 18.2. The molecule has 0 radical (unpaired) electrons. The van der Waals surface area contributed by atoms with Crippen molar-refractivity contribution in [2.24, 2.45) is 0 Å². The van der Waals surface area contributed by atoms with Crippen molar-refractivity contribution in [3.05, 3.63) is 45.5 Å². The molecule has 1 aromatic carbocycles. The van der Waals surface area contributed by atoms with E-state index >= 15 is 0 Å². The van der Waals surface area contributed by atoms with Crippen LogP contribution in [0.2, 0.25) is 10.0 Å². The fourth-order valence-electron chi connectivity index (χ4n) is 2.92. The Morgan fingerprint density at radius 2 is 2.24 bits per heavy atom. The average Bonchev–Trinajstić information content (AvgIpc) is 3.25. The van der Waals surface area contributed by atoms with Gasteiger partial charge in [0.05, 0.1) is 10.0 Å². The maximum Gasteiger partial charge on any atom is 0.254 e. The zero-order valence-corrected chi connectivity index (χ0v) is 15.6. The van der Waals surface area contributed by atoms with E-state index in [-0.39, 0.29) is 18.0 Å². The summed E-state index contributed by atoms with van der Waals surface area (Å²) in [5, 5.41) is 7.97. The molecular weight excluding hydrogens is 363 g/mol. The van der Waals surface area contributed by atoms with Crippen LogP contribution in [0.3, 0.4) is 0 Å². The maximum absolute atomic E-state index is 12.8. The Morgan fingerprint density at radius 3 is 2.96 bits per heavy atom. The summed E-state index contributed by atoms with van der Waals surface area (Å²) in [6.45, 7) is 2.69. The summed E-state index contributed by atoms with van der Waals surface area (Å²) in [6.07, 6.45) is 2.37. The van der Waals surface area contributed by atoms with Gasteiger partial charge in [0.2, 0.25) is 5.89 Å². The first-order valence-corrected chi connectivity index (χ1v) is 9.01. The number of hydrogen-bond acceptors (Lipinski definition) is 5. The van der Waals surface area contributed by atoms with E-state index in [4.69, 9.17) is 27.7 Å². The van der Waals surface area contributed by atoms with E-state index in [2.05, 4.69) is 15.5 Å². The van der Waals surface area contributed by atoms with Crippen LogP contribution < -0.4 is 5.32 Å². The molecule has 1 saturated heterocycles. The van der Waals surface area contributed by atoms with Gasteiger partial charge in [0, 0.05) is 24.6 Å². The van der Waals surface area contributed by atoms with Gasteiger partial charge < -0.3 is 14.7 Å². The minimum atomic E-state index is -0.201. The highest BCUT2D eigenvalue weighted by Gasteiger charge is 2.34. The number of nitrogens with zero attached hydrogens (tertiary/aromatic N) is 3. The number of carbonyl (C=O) groups is 1. The lowest BCUT2D eigenvalue weighted by Crippen LogP contribution is -2.30. The number of aromatic nitrogens is 2. The second-order valence-electron chi connectivity index (χ2n) is 6.23. The molecule has 1 N–H and O–H groups in total. The molecule has 1 amide bonds. The van der Waals surface area contributed by atoms with Gasteiger partial charge in [-0.3, -0.25) is 4.79 Å². The molecule has 0 bridgehead atoms. The van der Waals surface area contributed by atoms with Gasteiger partial charge in [-0.15, -0.1) is 0 Å². The van der Waals surface area contributed by atoms with Gasteiger partial charge in [-0.1, -0.05) is 28.4 Å². The summed E-state index contributed by atoms with van der Waals surface area (Å²) in [4.78, 5) is 19.1. The molecule has 1 aromatic heterocycles. The van der Waals surface area contributed by atoms with Gasteiger partial charge >= 0.3 is 0 Å². The molecule has 2 aromatic rings.